The van der Waals surface area contributed by atoms with Gasteiger partial charge in [0.05, 0.1) is 0 Å². The SMILES string of the molecule is CC1=CC(=O)C([C@H](C)CC/C=C(/C)C=O)=CC1=O. The molecule has 0 saturated heterocycles. The van der Waals surface area contributed by atoms with Crippen molar-refractivity contribution in [3.05, 3.63) is 34.9 Å². The summed E-state index contributed by atoms with van der Waals surface area (Å²) in [4.78, 5) is 33.7. The first-order valence-corrected chi connectivity index (χ1v) is 6.06. The van der Waals surface area contributed by atoms with Crippen molar-refractivity contribution in [1.29, 1.82) is 0 Å². The van der Waals surface area contributed by atoms with Crippen molar-refractivity contribution in [3.8, 4) is 0 Å². The van der Waals surface area contributed by atoms with E-state index in [1.54, 1.807) is 13.8 Å². The molecular formula is C15H18O3. The van der Waals surface area contributed by atoms with Gasteiger partial charge < -0.3 is 0 Å². The van der Waals surface area contributed by atoms with E-state index < -0.39 is 0 Å². The molecule has 3 heteroatoms. The van der Waals surface area contributed by atoms with Crippen LogP contribution in [0.2, 0.25) is 0 Å². The lowest BCUT2D eigenvalue weighted by Crippen LogP contribution is -2.16. The molecule has 1 atom stereocenters. The lowest BCUT2D eigenvalue weighted by Gasteiger charge is -2.16. The highest BCUT2D eigenvalue weighted by Gasteiger charge is 2.21. The molecule has 0 aliphatic heterocycles. The molecule has 0 amide bonds. The molecule has 0 N–H and O–H groups in total. The zero-order valence-electron chi connectivity index (χ0n) is 11.0. The van der Waals surface area contributed by atoms with Crippen LogP contribution in [-0.4, -0.2) is 17.9 Å². The van der Waals surface area contributed by atoms with E-state index in [0.29, 0.717) is 16.7 Å². The van der Waals surface area contributed by atoms with Gasteiger partial charge in [0.1, 0.15) is 6.29 Å². The third-order valence-corrected chi connectivity index (χ3v) is 3.09. The summed E-state index contributed by atoms with van der Waals surface area (Å²) in [6.07, 6.45) is 6.99. The number of rotatable bonds is 5. The van der Waals surface area contributed by atoms with Gasteiger partial charge in [0.25, 0.3) is 0 Å². The third-order valence-electron chi connectivity index (χ3n) is 3.09. The van der Waals surface area contributed by atoms with Crippen LogP contribution in [0, 0.1) is 5.92 Å². The Balaban J connectivity index is 2.66. The summed E-state index contributed by atoms with van der Waals surface area (Å²) in [6, 6.07) is 0. The van der Waals surface area contributed by atoms with Crippen molar-refractivity contribution in [2.75, 3.05) is 0 Å². The first kappa shape index (κ1) is 14.3. The van der Waals surface area contributed by atoms with Crippen LogP contribution in [0.3, 0.4) is 0 Å². The maximum atomic E-state index is 11.8. The second kappa shape index (κ2) is 6.24. The zero-order valence-corrected chi connectivity index (χ0v) is 11.0. The van der Waals surface area contributed by atoms with Gasteiger partial charge in [-0.3, -0.25) is 14.4 Å². The molecule has 0 spiro atoms. The quantitative estimate of drug-likeness (QED) is 0.425. The molecule has 0 saturated carbocycles. The highest BCUT2D eigenvalue weighted by Crippen LogP contribution is 2.22. The Bertz CT molecular complexity index is 464. The maximum absolute atomic E-state index is 11.8. The van der Waals surface area contributed by atoms with Gasteiger partial charge in [-0.1, -0.05) is 13.0 Å². The number of allylic oxidation sites excluding steroid dienone is 6. The Morgan fingerprint density at radius 1 is 1.28 bits per heavy atom. The van der Waals surface area contributed by atoms with E-state index in [2.05, 4.69) is 0 Å². The Hall–Kier alpha value is -1.77. The molecular weight excluding hydrogens is 228 g/mol. The fourth-order valence-corrected chi connectivity index (χ4v) is 1.83. The molecule has 96 valence electrons. The molecule has 0 heterocycles. The van der Waals surface area contributed by atoms with Gasteiger partial charge in [0.2, 0.25) is 0 Å². The summed E-state index contributed by atoms with van der Waals surface area (Å²) < 4.78 is 0. The largest absolute Gasteiger partial charge is 0.298 e. The van der Waals surface area contributed by atoms with Crippen LogP contribution in [0.5, 0.6) is 0 Å². The lowest BCUT2D eigenvalue weighted by molar-refractivity contribution is -0.115. The number of carbonyl (C=O) groups excluding carboxylic acids is 3. The van der Waals surface area contributed by atoms with E-state index in [4.69, 9.17) is 0 Å². The third kappa shape index (κ3) is 3.62. The highest BCUT2D eigenvalue weighted by molar-refractivity contribution is 6.19. The van der Waals surface area contributed by atoms with Crippen molar-refractivity contribution in [2.24, 2.45) is 5.92 Å². The minimum Gasteiger partial charge on any atom is -0.298 e. The Labute approximate surface area is 107 Å². The van der Waals surface area contributed by atoms with Crippen LogP contribution in [-0.2, 0) is 14.4 Å². The summed E-state index contributed by atoms with van der Waals surface area (Å²) in [5.41, 5.74) is 1.76. The molecule has 0 bridgehead atoms. The molecule has 0 fully saturated rings. The zero-order chi connectivity index (χ0) is 13.7. The van der Waals surface area contributed by atoms with E-state index in [0.717, 1.165) is 19.1 Å². The van der Waals surface area contributed by atoms with Crippen LogP contribution in [0.4, 0.5) is 0 Å². The fraction of sp³-hybridized carbons (Fsp3) is 0.400. The molecule has 1 aliphatic carbocycles. The lowest BCUT2D eigenvalue weighted by atomic mass is 9.87. The van der Waals surface area contributed by atoms with Crippen molar-refractivity contribution in [2.45, 2.75) is 33.6 Å². The van der Waals surface area contributed by atoms with Crippen LogP contribution in [0.1, 0.15) is 33.6 Å². The van der Waals surface area contributed by atoms with Crippen molar-refractivity contribution in [1.82, 2.24) is 0 Å². The topological polar surface area (TPSA) is 51.2 Å². The number of hydrogen-bond acceptors (Lipinski definition) is 3. The molecule has 0 unspecified atom stereocenters. The predicted octanol–water partition coefficient (Wildman–Crippen LogP) is 2.57. The molecule has 1 aliphatic rings. The summed E-state index contributed by atoms with van der Waals surface area (Å²) in [6.45, 7) is 5.32. The highest BCUT2D eigenvalue weighted by atomic mass is 16.1. The number of carbonyl (C=O) groups is 3. The standard InChI is InChI=1S/C15H18O3/c1-10(9-16)5-4-6-11(2)13-8-14(17)12(3)7-15(13)18/h5,7-9,11H,4,6H2,1-3H3/b10-5-/t11-/m1/s1. The number of hydrogen-bond donors (Lipinski definition) is 0. The van der Waals surface area contributed by atoms with Gasteiger partial charge in [-0.25, -0.2) is 0 Å². The minimum absolute atomic E-state index is 0.0292. The van der Waals surface area contributed by atoms with E-state index in [-0.39, 0.29) is 17.5 Å². The summed E-state index contributed by atoms with van der Waals surface area (Å²) in [5.74, 6) is -0.131. The molecule has 3 nitrogen and oxygen atoms in total. The minimum atomic E-state index is -0.0870. The second-order valence-electron chi connectivity index (χ2n) is 4.70. The molecule has 0 radical (unpaired) electrons. The Morgan fingerprint density at radius 2 is 1.94 bits per heavy atom. The smallest absolute Gasteiger partial charge is 0.182 e. The van der Waals surface area contributed by atoms with Crippen LogP contribution in [0.25, 0.3) is 0 Å². The van der Waals surface area contributed by atoms with E-state index >= 15 is 0 Å². The molecule has 0 aromatic rings. The molecule has 18 heavy (non-hydrogen) atoms. The van der Waals surface area contributed by atoms with Gasteiger partial charge in [-0.2, -0.15) is 0 Å². The van der Waals surface area contributed by atoms with E-state index in [1.807, 2.05) is 13.0 Å². The summed E-state index contributed by atoms with van der Waals surface area (Å²) in [7, 11) is 0. The Kier molecular flexibility index (Phi) is 4.95. The Morgan fingerprint density at radius 3 is 2.56 bits per heavy atom. The first-order valence-electron chi connectivity index (χ1n) is 6.06. The normalized spacial score (nSPS) is 18.3. The monoisotopic (exact) mass is 246 g/mol. The first-order chi connectivity index (χ1) is 8.45. The number of aldehydes is 1. The van der Waals surface area contributed by atoms with Gasteiger partial charge in [-0.15, -0.1) is 0 Å². The predicted molar refractivity (Wildman–Crippen MR) is 70.1 cm³/mol. The summed E-state index contributed by atoms with van der Waals surface area (Å²) in [5, 5.41) is 0. The van der Waals surface area contributed by atoms with Gasteiger partial charge in [-0.05, 0) is 50.3 Å². The van der Waals surface area contributed by atoms with Gasteiger partial charge in [0.15, 0.2) is 11.6 Å². The second-order valence-corrected chi connectivity index (χ2v) is 4.70. The summed E-state index contributed by atoms with van der Waals surface area (Å²) >= 11 is 0. The van der Waals surface area contributed by atoms with E-state index in [9.17, 15) is 14.4 Å². The molecule has 0 aromatic carbocycles. The van der Waals surface area contributed by atoms with Crippen molar-refractivity contribution in [3.63, 3.8) is 0 Å². The van der Waals surface area contributed by atoms with Crippen LogP contribution in [0.15, 0.2) is 34.9 Å². The molecule has 0 aromatic heterocycles. The van der Waals surface area contributed by atoms with Crippen molar-refractivity contribution >= 4 is 17.9 Å². The average Bonchev–Trinajstić information content (AvgIpc) is 2.33. The average molecular weight is 246 g/mol. The molecule has 1 rings (SSSR count). The van der Waals surface area contributed by atoms with Gasteiger partial charge in [0, 0.05) is 11.1 Å². The van der Waals surface area contributed by atoms with Crippen LogP contribution >= 0.6 is 0 Å². The number of ketones is 2. The maximum Gasteiger partial charge on any atom is 0.182 e. The van der Waals surface area contributed by atoms with Crippen LogP contribution < -0.4 is 0 Å². The fourth-order valence-electron chi connectivity index (χ4n) is 1.83. The van der Waals surface area contributed by atoms with E-state index in [1.165, 1.54) is 12.2 Å². The van der Waals surface area contributed by atoms with Crippen molar-refractivity contribution < 1.29 is 14.4 Å². The van der Waals surface area contributed by atoms with Gasteiger partial charge >= 0.3 is 0 Å².